The second-order valence-electron chi connectivity index (χ2n) is 6.65. The standard InChI is InChI=1S/C19H24N4O5/c1-12(20-19(25)14-7-9-26-10-8-14)18(24)22-15-3-5-16(6-4-15)27-11-17-21-13(2)28-23-17/h3-6,12,14H,7-11H2,1-2H3,(H,20,25)(H,22,24)/t12-/m0/s1. The van der Waals surface area contributed by atoms with Crippen LogP contribution in [-0.2, 0) is 20.9 Å². The third-order valence-corrected chi connectivity index (χ3v) is 4.40. The van der Waals surface area contributed by atoms with Crippen LogP contribution in [0.2, 0.25) is 0 Å². The molecule has 3 rings (SSSR count). The fourth-order valence-corrected chi connectivity index (χ4v) is 2.79. The number of ether oxygens (including phenoxy) is 2. The number of amides is 2. The number of anilines is 1. The van der Waals surface area contributed by atoms with Gasteiger partial charge in [-0.25, -0.2) is 0 Å². The molecule has 1 aliphatic heterocycles. The molecule has 1 aliphatic rings. The Morgan fingerprint density at radius 2 is 1.96 bits per heavy atom. The number of nitrogens with one attached hydrogen (secondary N) is 2. The van der Waals surface area contributed by atoms with Gasteiger partial charge in [-0.15, -0.1) is 0 Å². The van der Waals surface area contributed by atoms with Crippen molar-refractivity contribution in [2.75, 3.05) is 18.5 Å². The molecule has 1 aromatic carbocycles. The molecule has 150 valence electrons. The van der Waals surface area contributed by atoms with Gasteiger partial charge in [0, 0.05) is 31.7 Å². The normalized spacial score (nSPS) is 15.6. The van der Waals surface area contributed by atoms with Crippen molar-refractivity contribution in [3.63, 3.8) is 0 Å². The Bertz CT molecular complexity index is 799. The van der Waals surface area contributed by atoms with Gasteiger partial charge in [0.05, 0.1) is 0 Å². The van der Waals surface area contributed by atoms with Crippen LogP contribution in [0.1, 0.15) is 31.5 Å². The first-order valence-electron chi connectivity index (χ1n) is 9.22. The van der Waals surface area contributed by atoms with Gasteiger partial charge in [-0.1, -0.05) is 5.16 Å². The molecule has 0 spiro atoms. The zero-order valence-corrected chi connectivity index (χ0v) is 15.9. The number of carbonyl (C=O) groups is 2. The van der Waals surface area contributed by atoms with E-state index in [2.05, 4.69) is 20.8 Å². The Morgan fingerprint density at radius 1 is 1.25 bits per heavy atom. The van der Waals surface area contributed by atoms with Crippen molar-refractivity contribution in [2.24, 2.45) is 5.92 Å². The summed E-state index contributed by atoms with van der Waals surface area (Å²) in [7, 11) is 0. The highest BCUT2D eigenvalue weighted by Gasteiger charge is 2.24. The van der Waals surface area contributed by atoms with Crippen LogP contribution in [0.3, 0.4) is 0 Å². The Hall–Kier alpha value is -2.94. The molecule has 2 aromatic rings. The van der Waals surface area contributed by atoms with E-state index in [0.29, 0.717) is 49.2 Å². The van der Waals surface area contributed by atoms with Gasteiger partial charge in [-0.3, -0.25) is 9.59 Å². The lowest BCUT2D eigenvalue weighted by molar-refractivity contribution is -0.131. The Kier molecular flexibility index (Phi) is 6.59. The van der Waals surface area contributed by atoms with Crippen LogP contribution in [0, 0.1) is 12.8 Å². The number of nitrogens with zero attached hydrogens (tertiary/aromatic N) is 2. The highest BCUT2D eigenvalue weighted by Crippen LogP contribution is 2.17. The van der Waals surface area contributed by atoms with Gasteiger partial charge in [0.2, 0.25) is 23.5 Å². The molecule has 2 heterocycles. The summed E-state index contributed by atoms with van der Waals surface area (Å²) < 4.78 is 15.7. The summed E-state index contributed by atoms with van der Waals surface area (Å²) in [6.07, 6.45) is 1.37. The van der Waals surface area contributed by atoms with Crippen LogP contribution >= 0.6 is 0 Å². The van der Waals surface area contributed by atoms with E-state index < -0.39 is 6.04 Å². The predicted octanol–water partition coefficient (Wildman–Crippen LogP) is 1.83. The van der Waals surface area contributed by atoms with E-state index >= 15 is 0 Å². The summed E-state index contributed by atoms with van der Waals surface area (Å²) in [6.45, 7) is 4.73. The second kappa shape index (κ2) is 9.32. The van der Waals surface area contributed by atoms with Crippen molar-refractivity contribution in [2.45, 2.75) is 39.3 Å². The number of aryl methyl sites for hydroxylation is 1. The molecule has 1 fully saturated rings. The number of benzene rings is 1. The second-order valence-corrected chi connectivity index (χ2v) is 6.65. The van der Waals surface area contributed by atoms with Crippen LogP contribution in [0.15, 0.2) is 28.8 Å². The molecule has 0 bridgehead atoms. The van der Waals surface area contributed by atoms with E-state index in [1.54, 1.807) is 38.1 Å². The topological polar surface area (TPSA) is 116 Å². The van der Waals surface area contributed by atoms with Crippen molar-refractivity contribution >= 4 is 17.5 Å². The van der Waals surface area contributed by atoms with Crippen molar-refractivity contribution in [1.29, 1.82) is 0 Å². The zero-order chi connectivity index (χ0) is 19.9. The first-order chi connectivity index (χ1) is 13.5. The maximum Gasteiger partial charge on any atom is 0.246 e. The molecule has 0 saturated carbocycles. The molecule has 0 radical (unpaired) electrons. The lowest BCUT2D eigenvalue weighted by Crippen LogP contribution is -2.45. The number of rotatable bonds is 7. The Labute approximate surface area is 162 Å². The molecular formula is C19H24N4O5. The molecule has 28 heavy (non-hydrogen) atoms. The number of aromatic nitrogens is 2. The summed E-state index contributed by atoms with van der Waals surface area (Å²) >= 11 is 0. The molecule has 0 aliphatic carbocycles. The van der Waals surface area contributed by atoms with Crippen molar-refractivity contribution in [1.82, 2.24) is 15.5 Å². The number of hydrogen-bond acceptors (Lipinski definition) is 7. The van der Waals surface area contributed by atoms with Crippen molar-refractivity contribution in [3.8, 4) is 5.75 Å². The average Bonchev–Trinajstić information content (AvgIpc) is 3.13. The fourth-order valence-electron chi connectivity index (χ4n) is 2.79. The fraction of sp³-hybridized carbons (Fsp3) is 0.474. The van der Waals surface area contributed by atoms with Gasteiger partial charge in [0.1, 0.15) is 11.8 Å². The predicted molar refractivity (Wildman–Crippen MR) is 99.6 cm³/mol. The summed E-state index contributed by atoms with van der Waals surface area (Å²) in [5.74, 6) is 1.08. The van der Waals surface area contributed by atoms with Gasteiger partial charge < -0.3 is 24.6 Å². The third kappa shape index (κ3) is 5.53. The first kappa shape index (κ1) is 19.8. The summed E-state index contributed by atoms with van der Waals surface area (Å²) in [5, 5.41) is 9.30. The minimum Gasteiger partial charge on any atom is -0.485 e. The molecule has 0 unspecified atom stereocenters. The van der Waals surface area contributed by atoms with E-state index in [0.717, 1.165) is 0 Å². The van der Waals surface area contributed by atoms with Crippen molar-refractivity contribution in [3.05, 3.63) is 36.0 Å². The smallest absolute Gasteiger partial charge is 0.246 e. The zero-order valence-electron chi connectivity index (χ0n) is 15.9. The molecule has 9 nitrogen and oxygen atoms in total. The van der Waals surface area contributed by atoms with Crippen molar-refractivity contribution < 1.29 is 23.6 Å². The molecule has 1 saturated heterocycles. The lowest BCUT2D eigenvalue weighted by atomic mass is 9.99. The largest absolute Gasteiger partial charge is 0.485 e. The van der Waals surface area contributed by atoms with Gasteiger partial charge in [0.25, 0.3) is 0 Å². The minimum atomic E-state index is -0.632. The van der Waals surface area contributed by atoms with Crippen LogP contribution in [0.4, 0.5) is 5.69 Å². The molecule has 1 aromatic heterocycles. The van der Waals surface area contributed by atoms with E-state index in [4.69, 9.17) is 14.0 Å². The van der Waals surface area contributed by atoms with Gasteiger partial charge in [0.15, 0.2) is 6.61 Å². The minimum absolute atomic E-state index is 0.0940. The SMILES string of the molecule is Cc1nc(COc2ccc(NC(=O)[C@H](C)NC(=O)C3CCOCC3)cc2)no1. The highest BCUT2D eigenvalue weighted by atomic mass is 16.5. The summed E-state index contributed by atoms with van der Waals surface area (Å²) in [4.78, 5) is 28.6. The van der Waals surface area contributed by atoms with E-state index in [-0.39, 0.29) is 24.3 Å². The molecule has 1 atom stereocenters. The molecular weight excluding hydrogens is 364 g/mol. The average molecular weight is 388 g/mol. The van der Waals surface area contributed by atoms with Gasteiger partial charge in [-0.05, 0) is 44.0 Å². The van der Waals surface area contributed by atoms with Gasteiger partial charge >= 0.3 is 0 Å². The van der Waals surface area contributed by atoms with E-state index in [1.165, 1.54) is 0 Å². The quantitative estimate of drug-likeness (QED) is 0.743. The number of carbonyl (C=O) groups excluding carboxylic acids is 2. The van der Waals surface area contributed by atoms with Crippen LogP contribution < -0.4 is 15.4 Å². The maximum atomic E-state index is 12.3. The molecule has 2 amide bonds. The summed E-state index contributed by atoms with van der Waals surface area (Å²) in [6, 6.07) is 6.28. The van der Waals surface area contributed by atoms with Gasteiger partial charge in [-0.2, -0.15) is 4.98 Å². The van der Waals surface area contributed by atoms with Crippen LogP contribution in [0.5, 0.6) is 5.75 Å². The Morgan fingerprint density at radius 3 is 2.61 bits per heavy atom. The molecule has 9 heteroatoms. The maximum absolute atomic E-state index is 12.3. The van der Waals surface area contributed by atoms with E-state index in [1.807, 2.05) is 0 Å². The first-order valence-corrected chi connectivity index (χ1v) is 9.22. The summed E-state index contributed by atoms with van der Waals surface area (Å²) in [5.41, 5.74) is 0.611. The van der Waals surface area contributed by atoms with Crippen LogP contribution in [0.25, 0.3) is 0 Å². The van der Waals surface area contributed by atoms with Crippen LogP contribution in [-0.4, -0.2) is 41.2 Å². The third-order valence-electron chi connectivity index (χ3n) is 4.40. The number of hydrogen-bond donors (Lipinski definition) is 2. The lowest BCUT2D eigenvalue weighted by Gasteiger charge is -2.23. The Balaban J connectivity index is 1.45. The monoisotopic (exact) mass is 388 g/mol. The van der Waals surface area contributed by atoms with E-state index in [9.17, 15) is 9.59 Å². The highest BCUT2D eigenvalue weighted by molar-refractivity contribution is 5.97. The molecule has 2 N–H and O–H groups in total.